The van der Waals surface area contributed by atoms with Gasteiger partial charge in [-0.05, 0) is 36.5 Å². The molecule has 1 aromatic rings. The second kappa shape index (κ2) is 8.52. The molecule has 0 N–H and O–H groups in total. The maximum absolute atomic E-state index is 5.66. The van der Waals surface area contributed by atoms with Crippen LogP contribution in [-0.4, -0.2) is 61.8 Å². The summed E-state index contributed by atoms with van der Waals surface area (Å²) in [6.07, 6.45) is 7.79. The summed E-state index contributed by atoms with van der Waals surface area (Å²) in [6.45, 7) is 8.40. The van der Waals surface area contributed by atoms with Gasteiger partial charge in [-0.15, -0.1) is 0 Å². The predicted octanol–water partition coefficient (Wildman–Crippen LogP) is 3.09. The van der Waals surface area contributed by atoms with E-state index in [1.165, 1.54) is 62.9 Å². The number of benzene rings is 1. The Morgan fingerprint density at radius 3 is 2.88 bits per heavy atom. The van der Waals surface area contributed by atoms with Gasteiger partial charge in [-0.25, -0.2) is 0 Å². The summed E-state index contributed by atoms with van der Waals surface area (Å²) in [4.78, 5) is 5.34. The normalized spacial score (nSPS) is 22.1. The van der Waals surface area contributed by atoms with E-state index in [2.05, 4.69) is 28.0 Å². The summed E-state index contributed by atoms with van der Waals surface area (Å²) in [5.74, 6) is 1.10. The Bertz CT molecular complexity index is 549. The molecule has 0 aromatic heterocycles. The molecule has 3 aliphatic rings. The zero-order chi connectivity index (χ0) is 16.9. The van der Waals surface area contributed by atoms with Crippen LogP contribution < -0.4 is 4.74 Å². The molecule has 0 bridgehead atoms. The van der Waals surface area contributed by atoms with E-state index in [9.17, 15) is 0 Å². The molecule has 1 saturated carbocycles. The lowest BCUT2D eigenvalue weighted by molar-refractivity contribution is 0.130. The highest BCUT2D eigenvalue weighted by molar-refractivity contribution is 5.39. The molecule has 1 saturated heterocycles. The molecule has 4 rings (SSSR count). The molecule has 25 heavy (non-hydrogen) atoms. The van der Waals surface area contributed by atoms with Gasteiger partial charge in [-0.3, -0.25) is 9.80 Å². The highest BCUT2D eigenvalue weighted by Crippen LogP contribution is 2.28. The van der Waals surface area contributed by atoms with Crippen LogP contribution in [-0.2, 0) is 17.7 Å². The van der Waals surface area contributed by atoms with Gasteiger partial charge in [0.25, 0.3) is 0 Å². The first-order valence-corrected chi connectivity index (χ1v) is 10.2. The van der Waals surface area contributed by atoms with Gasteiger partial charge in [-0.1, -0.05) is 25.0 Å². The van der Waals surface area contributed by atoms with Gasteiger partial charge in [-0.2, -0.15) is 0 Å². The van der Waals surface area contributed by atoms with Crippen molar-refractivity contribution in [3.63, 3.8) is 0 Å². The van der Waals surface area contributed by atoms with Crippen LogP contribution in [0.1, 0.15) is 43.2 Å². The van der Waals surface area contributed by atoms with Crippen molar-refractivity contribution in [1.82, 2.24) is 9.80 Å². The summed E-state index contributed by atoms with van der Waals surface area (Å²) in [5, 5.41) is 0. The second-order valence-corrected chi connectivity index (χ2v) is 7.76. The number of rotatable bonds is 6. The van der Waals surface area contributed by atoms with E-state index in [4.69, 9.17) is 9.47 Å². The van der Waals surface area contributed by atoms with Crippen LogP contribution in [0.3, 0.4) is 0 Å². The molecule has 2 aliphatic heterocycles. The van der Waals surface area contributed by atoms with E-state index in [1.807, 2.05) is 0 Å². The molecule has 2 heterocycles. The molecular formula is C21H32N2O2. The average molecular weight is 344 g/mol. The Morgan fingerprint density at radius 2 is 1.96 bits per heavy atom. The highest BCUT2D eigenvalue weighted by atomic mass is 16.5. The van der Waals surface area contributed by atoms with Crippen molar-refractivity contribution in [2.24, 2.45) is 0 Å². The van der Waals surface area contributed by atoms with Crippen molar-refractivity contribution < 1.29 is 9.47 Å². The maximum atomic E-state index is 5.66. The third-order valence-corrected chi connectivity index (χ3v) is 6.00. The number of ether oxygens (including phenoxy) is 2. The first-order valence-electron chi connectivity index (χ1n) is 10.2. The van der Waals surface area contributed by atoms with Gasteiger partial charge in [0, 0.05) is 51.8 Å². The van der Waals surface area contributed by atoms with E-state index >= 15 is 0 Å². The molecule has 1 aromatic carbocycles. The van der Waals surface area contributed by atoms with E-state index in [0.717, 1.165) is 51.1 Å². The van der Waals surface area contributed by atoms with Crippen molar-refractivity contribution >= 4 is 0 Å². The van der Waals surface area contributed by atoms with E-state index in [-0.39, 0.29) is 0 Å². The predicted molar refractivity (Wildman–Crippen MR) is 100 cm³/mol. The Morgan fingerprint density at radius 1 is 1.04 bits per heavy atom. The third kappa shape index (κ3) is 4.55. The van der Waals surface area contributed by atoms with Gasteiger partial charge in [0.05, 0.1) is 13.2 Å². The number of hydrogen-bond acceptors (Lipinski definition) is 4. The van der Waals surface area contributed by atoms with Gasteiger partial charge in [0.2, 0.25) is 0 Å². The molecule has 0 spiro atoms. The Labute approximate surface area is 152 Å². The summed E-state index contributed by atoms with van der Waals surface area (Å²) in [5.41, 5.74) is 2.85. The van der Waals surface area contributed by atoms with Crippen LogP contribution in [0.15, 0.2) is 18.2 Å². The fourth-order valence-corrected chi connectivity index (χ4v) is 4.52. The van der Waals surface area contributed by atoms with Crippen molar-refractivity contribution in [2.75, 3.05) is 46.0 Å². The average Bonchev–Trinajstić information content (AvgIpc) is 3.26. The minimum absolute atomic E-state index is 0.771. The standard InChI is InChI=1S/C21H32N2O2/c1-2-5-20(4-1)23(11-10-22-9-3-13-24-15-12-22)17-18-6-7-21-19(16-18)8-14-25-21/h6-7,16,20H,1-5,8-15,17H2. The maximum Gasteiger partial charge on any atom is 0.122 e. The van der Waals surface area contributed by atoms with Crippen molar-refractivity contribution in [1.29, 1.82) is 0 Å². The first-order chi connectivity index (χ1) is 12.4. The minimum Gasteiger partial charge on any atom is -0.493 e. The highest BCUT2D eigenvalue weighted by Gasteiger charge is 2.24. The number of hydrogen-bond donors (Lipinski definition) is 0. The van der Waals surface area contributed by atoms with Gasteiger partial charge in [0.1, 0.15) is 5.75 Å². The van der Waals surface area contributed by atoms with Gasteiger partial charge < -0.3 is 9.47 Å². The lowest BCUT2D eigenvalue weighted by atomic mass is 10.1. The number of fused-ring (bicyclic) bond motifs is 1. The van der Waals surface area contributed by atoms with E-state index in [1.54, 1.807) is 0 Å². The lowest BCUT2D eigenvalue weighted by Gasteiger charge is -2.31. The third-order valence-electron chi connectivity index (χ3n) is 6.00. The largest absolute Gasteiger partial charge is 0.493 e. The summed E-state index contributed by atoms with van der Waals surface area (Å²) in [7, 11) is 0. The SMILES string of the molecule is c1cc2c(cc1CN(CCN1CCCOCC1)C1CCCC1)CCO2. The van der Waals surface area contributed by atoms with Crippen molar-refractivity contribution in [3.8, 4) is 5.75 Å². The molecule has 2 fully saturated rings. The zero-order valence-electron chi connectivity index (χ0n) is 15.4. The quantitative estimate of drug-likeness (QED) is 0.792. The molecule has 0 amide bonds. The molecule has 0 atom stereocenters. The monoisotopic (exact) mass is 344 g/mol. The molecular weight excluding hydrogens is 312 g/mol. The van der Waals surface area contributed by atoms with Gasteiger partial charge in [0.15, 0.2) is 0 Å². The molecule has 4 heteroatoms. The van der Waals surface area contributed by atoms with E-state index in [0.29, 0.717) is 0 Å². The van der Waals surface area contributed by atoms with Gasteiger partial charge >= 0.3 is 0 Å². The van der Waals surface area contributed by atoms with Crippen LogP contribution in [0.25, 0.3) is 0 Å². The molecule has 1 aliphatic carbocycles. The molecule has 138 valence electrons. The fraction of sp³-hybridized carbons (Fsp3) is 0.714. The Hall–Kier alpha value is -1.10. The van der Waals surface area contributed by atoms with Crippen LogP contribution in [0.2, 0.25) is 0 Å². The zero-order valence-corrected chi connectivity index (χ0v) is 15.4. The number of nitrogens with zero attached hydrogens (tertiary/aromatic N) is 2. The first kappa shape index (κ1) is 17.3. The van der Waals surface area contributed by atoms with E-state index < -0.39 is 0 Å². The second-order valence-electron chi connectivity index (χ2n) is 7.76. The van der Waals surface area contributed by atoms with Crippen LogP contribution in [0.4, 0.5) is 0 Å². The molecule has 0 unspecified atom stereocenters. The fourth-order valence-electron chi connectivity index (χ4n) is 4.52. The van der Waals surface area contributed by atoms with Crippen LogP contribution >= 0.6 is 0 Å². The van der Waals surface area contributed by atoms with Crippen molar-refractivity contribution in [2.45, 2.75) is 51.1 Å². The lowest BCUT2D eigenvalue weighted by Crippen LogP contribution is -2.40. The van der Waals surface area contributed by atoms with Crippen LogP contribution in [0, 0.1) is 0 Å². The van der Waals surface area contributed by atoms with Crippen molar-refractivity contribution in [3.05, 3.63) is 29.3 Å². The Kier molecular flexibility index (Phi) is 5.90. The molecule has 0 radical (unpaired) electrons. The minimum atomic E-state index is 0.771. The smallest absolute Gasteiger partial charge is 0.122 e. The summed E-state index contributed by atoms with van der Waals surface area (Å²) < 4.78 is 11.3. The molecule has 4 nitrogen and oxygen atoms in total. The summed E-state index contributed by atoms with van der Waals surface area (Å²) in [6, 6.07) is 7.60. The summed E-state index contributed by atoms with van der Waals surface area (Å²) >= 11 is 0. The van der Waals surface area contributed by atoms with Crippen LogP contribution in [0.5, 0.6) is 5.75 Å². The Balaban J connectivity index is 1.39. The topological polar surface area (TPSA) is 24.9 Å².